The Labute approximate surface area is 430 Å². The first-order chi connectivity index (χ1) is 36.8. The number of benzene rings is 10. The first-order valence-electron chi connectivity index (χ1n) is 23.7. The van der Waals surface area contributed by atoms with Crippen LogP contribution in [0.3, 0.4) is 0 Å². The highest BCUT2D eigenvalue weighted by atomic mass is 19.1. The van der Waals surface area contributed by atoms with E-state index in [0.717, 1.165) is 88.1 Å². The lowest BCUT2D eigenvalue weighted by atomic mass is 9.98. The van der Waals surface area contributed by atoms with Crippen LogP contribution in [-0.4, -0.2) is 9.13 Å². The fourth-order valence-corrected chi connectivity index (χ4v) is 10.3. The maximum absolute atomic E-state index is 16.6. The minimum atomic E-state index is -0.595. The molecule has 0 radical (unpaired) electrons. The van der Waals surface area contributed by atoms with E-state index in [4.69, 9.17) is 13.1 Å². The van der Waals surface area contributed by atoms with Crippen LogP contribution >= 0.6 is 0 Å². The highest BCUT2D eigenvalue weighted by Gasteiger charge is 2.25. The molecule has 0 saturated carbocycles. The van der Waals surface area contributed by atoms with Crippen LogP contribution in [0.25, 0.3) is 120 Å². The van der Waals surface area contributed by atoms with Crippen LogP contribution in [-0.2, 0) is 0 Å². The van der Waals surface area contributed by atoms with Crippen molar-refractivity contribution < 1.29 is 4.39 Å². The zero-order valence-electron chi connectivity index (χ0n) is 39.5. The Hall–Kier alpha value is -11.3. The van der Waals surface area contributed by atoms with Crippen LogP contribution in [0.2, 0.25) is 0 Å². The summed E-state index contributed by atoms with van der Waals surface area (Å²) in [6.45, 7) is 15.1. The van der Waals surface area contributed by atoms with Crippen LogP contribution in [0, 0.1) is 64.3 Å². The van der Waals surface area contributed by atoms with E-state index < -0.39 is 5.82 Å². The molecule has 0 unspecified atom stereocenters. The summed E-state index contributed by atoms with van der Waals surface area (Å²) in [5.74, 6) is -0.595. The molecule has 0 amide bonds. The molecular weight excluding hydrogens is 924 g/mol. The third-order valence-corrected chi connectivity index (χ3v) is 14.0. The standard InChI is InChI=1S/C66H33FN8/c1-72-52-20-12-45(13-21-52)49-18-27-63-57(32-49)58-33-50(46-14-22-53(73-2)23-15-46)19-28-64(58)75(63)66-35-51(54-24-7-42(38-70)29-60(54)67)34-65(59(66)39-71)74-61-25-16-47(43-8-3-40(36-68)4-9-43)30-55(61)56-31-48(17-26-62(56)74)44-10-5-41(37-69)6-11-44/h3-35H. The molecule has 0 saturated heterocycles. The topological polar surface area (TPSA) is 114 Å². The van der Waals surface area contributed by atoms with Crippen molar-refractivity contribution in [2.75, 3.05) is 0 Å². The number of fused-ring (bicyclic) bond motifs is 6. The molecule has 9 heteroatoms. The Bertz CT molecular complexity index is 4150. The van der Waals surface area contributed by atoms with Crippen molar-refractivity contribution in [2.45, 2.75) is 0 Å². The molecular formula is C66H33FN8. The molecule has 0 aliphatic rings. The van der Waals surface area contributed by atoms with Gasteiger partial charge >= 0.3 is 0 Å². The lowest BCUT2D eigenvalue weighted by Gasteiger charge is -2.19. The minimum absolute atomic E-state index is 0.172. The third-order valence-electron chi connectivity index (χ3n) is 14.0. The molecule has 0 N–H and O–H groups in total. The van der Waals surface area contributed by atoms with Crippen LogP contribution in [0.15, 0.2) is 200 Å². The van der Waals surface area contributed by atoms with Crippen LogP contribution in [0.1, 0.15) is 22.3 Å². The highest BCUT2D eigenvalue weighted by Crippen LogP contribution is 2.44. The Morgan fingerprint density at radius 2 is 0.653 bits per heavy atom. The summed E-state index contributed by atoms with van der Waals surface area (Å²) in [6, 6.07) is 71.6. The summed E-state index contributed by atoms with van der Waals surface area (Å²) >= 11 is 0. The smallest absolute Gasteiger partial charge is 0.187 e. The number of aromatic nitrogens is 2. The molecule has 8 nitrogen and oxygen atoms in total. The van der Waals surface area contributed by atoms with Gasteiger partial charge in [0.25, 0.3) is 0 Å². The van der Waals surface area contributed by atoms with Gasteiger partial charge in [-0.1, -0.05) is 103 Å². The molecule has 2 heterocycles. The Balaban J connectivity index is 1.17. The first-order valence-corrected chi connectivity index (χ1v) is 23.7. The van der Waals surface area contributed by atoms with Gasteiger partial charge in [0.1, 0.15) is 17.4 Å². The predicted molar refractivity (Wildman–Crippen MR) is 294 cm³/mol. The number of hydrogen-bond acceptors (Lipinski definition) is 4. The molecule has 2 aromatic heterocycles. The fraction of sp³-hybridized carbons (Fsp3) is 0. The SMILES string of the molecule is [C-]#[N+]c1ccc(-c2ccc3c(c2)c2cc(-c4ccc([N+]#[C-])cc4)ccc2n3-c2cc(-c3ccc(C#N)cc3F)cc(-n3c4ccc(-c5ccc(C#N)cc5)cc4c4cc(-c5ccc(C#N)cc5)ccc43)c2C#N)cc1. The van der Waals surface area contributed by atoms with Gasteiger partial charge in [-0.3, -0.25) is 0 Å². The van der Waals surface area contributed by atoms with E-state index >= 15 is 4.39 Å². The maximum Gasteiger partial charge on any atom is 0.187 e. The van der Waals surface area contributed by atoms with E-state index in [1.807, 2.05) is 109 Å². The Morgan fingerprint density at radius 1 is 0.333 bits per heavy atom. The molecule has 0 aliphatic carbocycles. The molecule has 0 aliphatic heterocycles. The van der Waals surface area contributed by atoms with Crippen LogP contribution < -0.4 is 0 Å². The van der Waals surface area contributed by atoms with Gasteiger partial charge in [0.2, 0.25) is 0 Å². The summed E-state index contributed by atoms with van der Waals surface area (Å²) in [5.41, 5.74) is 14.8. The van der Waals surface area contributed by atoms with Crippen molar-refractivity contribution in [3.8, 4) is 91.3 Å². The van der Waals surface area contributed by atoms with Gasteiger partial charge in [-0.25, -0.2) is 14.1 Å². The van der Waals surface area contributed by atoms with Crippen molar-refractivity contribution in [2.24, 2.45) is 0 Å². The molecule has 10 aromatic carbocycles. The van der Waals surface area contributed by atoms with E-state index in [2.05, 4.69) is 67.4 Å². The number of hydrogen-bond donors (Lipinski definition) is 0. The molecule has 344 valence electrons. The summed E-state index contributed by atoms with van der Waals surface area (Å²) in [4.78, 5) is 7.18. The average molecular weight is 957 g/mol. The van der Waals surface area contributed by atoms with Crippen LogP contribution in [0.4, 0.5) is 15.8 Å². The summed E-state index contributed by atoms with van der Waals surface area (Å²) < 4.78 is 20.7. The lowest BCUT2D eigenvalue weighted by molar-refractivity contribution is 0.631. The second-order valence-corrected chi connectivity index (χ2v) is 18.1. The van der Waals surface area contributed by atoms with Crippen molar-refractivity contribution >= 4 is 55.0 Å². The van der Waals surface area contributed by atoms with E-state index in [-0.39, 0.29) is 11.1 Å². The lowest BCUT2D eigenvalue weighted by Crippen LogP contribution is -2.05. The monoisotopic (exact) mass is 956 g/mol. The molecule has 0 atom stereocenters. The van der Waals surface area contributed by atoms with Gasteiger partial charge in [-0.2, -0.15) is 21.0 Å². The number of nitrogens with zero attached hydrogens (tertiary/aromatic N) is 8. The molecule has 0 spiro atoms. The van der Waals surface area contributed by atoms with E-state index in [9.17, 15) is 21.0 Å². The van der Waals surface area contributed by atoms with Crippen LogP contribution in [0.5, 0.6) is 0 Å². The number of rotatable bonds is 7. The van der Waals surface area contributed by atoms with Gasteiger partial charge < -0.3 is 9.13 Å². The zero-order valence-corrected chi connectivity index (χ0v) is 39.5. The van der Waals surface area contributed by atoms with E-state index in [0.29, 0.717) is 45.0 Å². The largest absolute Gasteiger partial charge is 0.308 e. The van der Waals surface area contributed by atoms with Crippen molar-refractivity contribution in [1.29, 1.82) is 21.0 Å². The van der Waals surface area contributed by atoms with Gasteiger partial charge in [0.05, 0.1) is 81.5 Å². The van der Waals surface area contributed by atoms with Gasteiger partial charge in [-0.15, -0.1) is 0 Å². The Kier molecular flexibility index (Phi) is 10.8. The Morgan fingerprint density at radius 3 is 0.960 bits per heavy atom. The molecule has 12 rings (SSSR count). The maximum atomic E-state index is 16.6. The number of halogens is 1. The van der Waals surface area contributed by atoms with E-state index in [1.165, 1.54) is 6.07 Å². The molecule has 0 bridgehead atoms. The van der Waals surface area contributed by atoms with Gasteiger partial charge in [0.15, 0.2) is 11.4 Å². The van der Waals surface area contributed by atoms with Crippen molar-refractivity contribution in [3.63, 3.8) is 0 Å². The quantitative estimate of drug-likeness (QED) is 0.148. The van der Waals surface area contributed by atoms with Gasteiger partial charge in [-0.05, 0) is 147 Å². The minimum Gasteiger partial charge on any atom is -0.308 e. The fourth-order valence-electron chi connectivity index (χ4n) is 10.3. The van der Waals surface area contributed by atoms with Gasteiger partial charge in [0, 0.05) is 27.1 Å². The summed E-state index contributed by atoms with van der Waals surface area (Å²) in [6.07, 6.45) is 0. The van der Waals surface area contributed by atoms with E-state index in [1.54, 1.807) is 60.7 Å². The zero-order chi connectivity index (χ0) is 51.3. The van der Waals surface area contributed by atoms with Crippen molar-refractivity contribution in [1.82, 2.24) is 9.13 Å². The normalized spacial score (nSPS) is 10.9. The second kappa shape index (κ2) is 18.1. The second-order valence-electron chi connectivity index (χ2n) is 18.1. The predicted octanol–water partition coefficient (Wildman–Crippen LogP) is 16.9. The molecule has 75 heavy (non-hydrogen) atoms. The summed E-state index contributed by atoms with van der Waals surface area (Å²) in [5, 5.41) is 44.2. The molecule has 12 aromatic rings. The average Bonchev–Trinajstić information content (AvgIpc) is 3.98. The first kappa shape index (κ1) is 44.8. The third kappa shape index (κ3) is 7.65. The van der Waals surface area contributed by atoms with Crippen molar-refractivity contribution in [3.05, 3.63) is 251 Å². The summed E-state index contributed by atoms with van der Waals surface area (Å²) in [7, 11) is 0. The molecule has 0 fully saturated rings. The highest BCUT2D eigenvalue weighted by molar-refractivity contribution is 6.14. The number of nitriles is 4.